The summed E-state index contributed by atoms with van der Waals surface area (Å²) in [6.07, 6.45) is 5.61. The van der Waals surface area contributed by atoms with Crippen molar-refractivity contribution in [1.82, 2.24) is 10.2 Å². The van der Waals surface area contributed by atoms with Gasteiger partial charge in [-0.1, -0.05) is 13.8 Å². The molecule has 0 spiro atoms. The summed E-state index contributed by atoms with van der Waals surface area (Å²) in [5, 5.41) is 3.61. The highest BCUT2D eigenvalue weighted by Gasteiger charge is 2.33. The van der Waals surface area contributed by atoms with Crippen LogP contribution in [-0.4, -0.2) is 36.1 Å². The number of piperazine rings is 1. The zero-order valence-electron chi connectivity index (χ0n) is 10.5. The SMILES string of the molecule is CCC1CNC(C)CN1C1CCC(C)C1. The van der Waals surface area contributed by atoms with Gasteiger partial charge in [-0.05, 0) is 38.5 Å². The second-order valence-electron chi connectivity index (χ2n) is 5.64. The Morgan fingerprint density at radius 3 is 2.67 bits per heavy atom. The Morgan fingerprint density at radius 2 is 2.07 bits per heavy atom. The maximum atomic E-state index is 3.61. The molecule has 1 saturated heterocycles. The summed E-state index contributed by atoms with van der Waals surface area (Å²) in [5.74, 6) is 0.956. The summed E-state index contributed by atoms with van der Waals surface area (Å²) in [4.78, 5) is 2.80. The van der Waals surface area contributed by atoms with Crippen LogP contribution in [0.3, 0.4) is 0 Å². The van der Waals surface area contributed by atoms with Crippen molar-refractivity contribution < 1.29 is 0 Å². The van der Waals surface area contributed by atoms with E-state index in [0.717, 1.165) is 18.0 Å². The van der Waals surface area contributed by atoms with Crippen molar-refractivity contribution in [2.75, 3.05) is 13.1 Å². The Hall–Kier alpha value is -0.0800. The molecule has 4 unspecified atom stereocenters. The van der Waals surface area contributed by atoms with Crippen molar-refractivity contribution in [1.29, 1.82) is 0 Å². The van der Waals surface area contributed by atoms with E-state index >= 15 is 0 Å². The molecule has 0 radical (unpaired) electrons. The Kier molecular flexibility index (Phi) is 3.68. The minimum Gasteiger partial charge on any atom is -0.311 e. The van der Waals surface area contributed by atoms with Crippen LogP contribution >= 0.6 is 0 Å². The third-order valence-corrected chi connectivity index (χ3v) is 4.26. The molecule has 2 heteroatoms. The largest absolute Gasteiger partial charge is 0.311 e. The van der Waals surface area contributed by atoms with Crippen LogP contribution in [0.1, 0.15) is 46.5 Å². The van der Waals surface area contributed by atoms with Gasteiger partial charge in [-0.15, -0.1) is 0 Å². The highest BCUT2D eigenvalue weighted by atomic mass is 15.3. The van der Waals surface area contributed by atoms with E-state index in [2.05, 4.69) is 31.0 Å². The molecule has 1 heterocycles. The van der Waals surface area contributed by atoms with Crippen molar-refractivity contribution in [2.24, 2.45) is 5.92 Å². The predicted molar refractivity (Wildman–Crippen MR) is 65.1 cm³/mol. The number of nitrogens with one attached hydrogen (secondary N) is 1. The number of hydrogen-bond donors (Lipinski definition) is 1. The van der Waals surface area contributed by atoms with Gasteiger partial charge in [-0.3, -0.25) is 4.90 Å². The van der Waals surface area contributed by atoms with Crippen molar-refractivity contribution in [2.45, 2.75) is 64.6 Å². The van der Waals surface area contributed by atoms with Gasteiger partial charge in [-0.25, -0.2) is 0 Å². The third kappa shape index (κ3) is 2.54. The van der Waals surface area contributed by atoms with E-state index in [9.17, 15) is 0 Å². The molecule has 0 aromatic rings. The molecule has 2 rings (SSSR count). The zero-order valence-corrected chi connectivity index (χ0v) is 10.5. The first-order chi connectivity index (χ1) is 7.20. The van der Waals surface area contributed by atoms with Crippen LogP contribution in [0.25, 0.3) is 0 Å². The fraction of sp³-hybridized carbons (Fsp3) is 1.00. The lowest BCUT2D eigenvalue weighted by Crippen LogP contribution is -2.58. The highest BCUT2D eigenvalue weighted by Crippen LogP contribution is 2.31. The van der Waals surface area contributed by atoms with Gasteiger partial charge in [0.1, 0.15) is 0 Å². The van der Waals surface area contributed by atoms with E-state index in [1.165, 1.54) is 38.8 Å². The van der Waals surface area contributed by atoms with Gasteiger partial charge < -0.3 is 5.32 Å². The topological polar surface area (TPSA) is 15.3 Å². The number of rotatable bonds is 2. The molecule has 2 aliphatic rings. The van der Waals surface area contributed by atoms with E-state index in [0.29, 0.717) is 6.04 Å². The van der Waals surface area contributed by atoms with Crippen LogP contribution in [0.5, 0.6) is 0 Å². The van der Waals surface area contributed by atoms with Crippen molar-refractivity contribution >= 4 is 0 Å². The quantitative estimate of drug-likeness (QED) is 0.752. The second-order valence-corrected chi connectivity index (χ2v) is 5.64. The zero-order chi connectivity index (χ0) is 10.8. The Labute approximate surface area is 94.4 Å². The third-order valence-electron chi connectivity index (χ3n) is 4.26. The average Bonchev–Trinajstić information content (AvgIpc) is 2.65. The average molecular weight is 210 g/mol. The van der Waals surface area contributed by atoms with Gasteiger partial charge in [0.05, 0.1) is 0 Å². The number of hydrogen-bond acceptors (Lipinski definition) is 2. The lowest BCUT2D eigenvalue weighted by molar-refractivity contribution is 0.0835. The van der Waals surface area contributed by atoms with Gasteiger partial charge in [0, 0.05) is 31.2 Å². The predicted octanol–water partition coefficient (Wildman–Crippen LogP) is 2.25. The molecule has 0 aromatic carbocycles. The van der Waals surface area contributed by atoms with Gasteiger partial charge in [0.25, 0.3) is 0 Å². The van der Waals surface area contributed by atoms with Crippen LogP contribution in [-0.2, 0) is 0 Å². The minimum absolute atomic E-state index is 0.684. The lowest BCUT2D eigenvalue weighted by Gasteiger charge is -2.42. The summed E-state index contributed by atoms with van der Waals surface area (Å²) in [6, 6.07) is 2.36. The molecule has 4 atom stereocenters. The van der Waals surface area contributed by atoms with Crippen molar-refractivity contribution in [3.8, 4) is 0 Å². The molecule has 1 aliphatic heterocycles. The molecule has 2 fully saturated rings. The fourth-order valence-electron chi connectivity index (χ4n) is 3.29. The maximum absolute atomic E-state index is 3.61. The second kappa shape index (κ2) is 4.84. The van der Waals surface area contributed by atoms with Crippen LogP contribution in [0.2, 0.25) is 0 Å². The monoisotopic (exact) mass is 210 g/mol. The lowest BCUT2D eigenvalue weighted by atomic mass is 10.0. The molecule has 0 aromatic heterocycles. The molecule has 0 bridgehead atoms. The molecule has 88 valence electrons. The van der Waals surface area contributed by atoms with E-state index in [-0.39, 0.29) is 0 Å². The molecule has 1 saturated carbocycles. The smallest absolute Gasteiger partial charge is 0.0221 e. The standard InChI is InChI=1S/C13H26N2/c1-4-12-8-14-11(3)9-15(12)13-6-5-10(2)7-13/h10-14H,4-9H2,1-3H3. The van der Waals surface area contributed by atoms with E-state index in [4.69, 9.17) is 0 Å². The molecule has 2 nitrogen and oxygen atoms in total. The van der Waals surface area contributed by atoms with Gasteiger partial charge in [-0.2, -0.15) is 0 Å². The van der Waals surface area contributed by atoms with Crippen molar-refractivity contribution in [3.63, 3.8) is 0 Å². The fourth-order valence-corrected chi connectivity index (χ4v) is 3.29. The first-order valence-corrected chi connectivity index (χ1v) is 6.69. The van der Waals surface area contributed by atoms with Gasteiger partial charge >= 0.3 is 0 Å². The van der Waals surface area contributed by atoms with E-state index < -0.39 is 0 Å². The summed E-state index contributed by atoms with van der Waals surface area (Å²) in [7, 11) is 0. The number of nitrogens with zero attached hydrogens (tertiary/aromatic N) is 1. The molecule has 1 N–H and O–H groups in total. The molecule has 1 aliphatic carbocycles. The normalized spacial score (nSPS) is 43.4. The molecule has 0 amide bonds. The van der Waals surface area contributed by atoms with E-state index in [1.54, 1.807) is 0 Å². The van der Waals surface area contributed by atoms with Crippen molar-refractivity contribution in [3.05, 3.63) is 0 Å². The Morgan fingerprint density at radius 1 is 1.27 bits per heavy atom. The minimum atomic E-state index is 0.684. The maximum Gasteiger partial charge on any atom is 0.0221 e. The summed E-state index contributed by atoms with van der Waals surface area (Å²) in [6.45, 7) is 9.51. The summed E-state index contributed by atoms with van der Waals surface area (Å²) in [5.41, 5.74) is 0. The van der Waals surface area contributed by atoms with Crippen LogP contribution in [0.4, 0.5) is 0 Å². The molecular formula is C13H26N2. The molecule has 15 heavy (non-hydrogen) atoms. The highest BCUT2D eigenvalue weighted by molar-refractivity contribution is 4.90. The first kappa shape index (κ1) is 11.4. The van der Waals surface area contributed by atoms with Crippen LogP contribution in [0.15, 0.2) is 0 Å². The summed E-state index contributed by atoms with van der Waals surface area (Å²) < 4.78 is 0. The summed E-state index contributed by atoms with van der Waals surface area (Å²) >= 11 is 0. The molecular weight excluding hydrogens is 184 g/mol. The Bertz CT molecular complexity index is 205. The van der Waals surface area contributed by atoms with E-state index in [1.807, 2.05) is 0 Å². The van der Waals surface area contributed by atoms with Gasteiger partial charge in [0.2, 0.25) is 0 Å². The van der Waals surface area contributed by atoms with Crippen LogP contribution < -0.4 is 5.32 Å². The van der Waals surface area contributed by atoms with Gasteiger partial charge in [0.15, 0.2) is 0 Å². The first-order valence-electron chi connectivity index (χ1n) is 6.69. The Balaban J connectivity index is 1.97. The van der Waals surface area contributed by atoms with Crippen LogP contribution in [0, 0.1) is 5.92 Å².